The van der Waals surface area contributed by atoms with E-state index in [0.717, 1.165) is 0 Å². The van der Waals surface area contributed by atoms with Gasteiger partial charge in [0.15, 0.2) is 17.5 Å². The lowest BCUT2D eigenvalue weighted by Crippen LogP contribution is -2.47. The fraction of sp³-hybridized carbons (Fsp3) is 0.600. The number of amides is 1. The third-order valence-electron chi connectivity index (χ3n) is 3.97. The average molecular weight is 542 g/mol. The SMILES string of the molecule is CCNC(=O)C(C)(C)CNC(=NCc1cccc(OCC)c1OC(F)F)NCC.I. The van der Waals surface area contributed by atoms with E-state index >= 15 is 0 Å². The lowest BCUT2D eigenvalue weighted by Gasteiger charge is -2.25. The Labute approximate surface area is 194 Å². The van der Waals surface area contributed by atoms with Gasteiger partial charge in [-0.1, -0.05) is 12.1 Å². The number of carbonyl (C=O) groups excluding carboxylic acids is 1. The van der Waals surface area contributed by atoms with Crippen molar-refractivity contribution in [3.63, 3.8) is 0 Å². The van der Waals surface area contributed by atoms with Crippen LogP contribution in [0.25, 0.3) is 0 Å². The second kappa shape index (κ2) is 14.2. The van der Waals surface area contributed by atoms with Crippen LogP contribution in [0.2, 0.25) is 0 Å². The molecule has 0 bridgehead atoms. The minimum atomic E-state index is -2.97. The Bertz CT molecular complexity index is 688. The van der Waals surface area contributed by atoms with E-state index in [1.54, 1.807) is 25.1 Å². The smallest absolute Gasteiger partial charge is 0.387 e. The molecule has 3 N–H and O–H groups in total. The van der Waals surface area contributed by atoms with Crippen LogP contribution in [-0.2, 0) is 11.3 Å². The van der Waals surface area contributed by atoms with E-state index in [1.807, 2.05) is 27.7 Å². The molecule has 1 aromatic carbocycles. The van der Waals surface area contributed by atoms with E-state index in [-0.39, 0.29) is 47.9 Å². The topological polar surface area (TPSA) is 84.0 Å². The second-order valence-corrected chi connectivity index (χ2v) is 6.85. The largest absolute Gasteiger partial charge is 0.490 e. The van der Waals surface area contributed by atoms with Crippen LogP contribution in [0.15, 0.2) is 23.2 Å². The number of rotatable bonds is 11. The summed E-state index contributed by atoms with van der Waals surface area (Å²) >= 11 is 0. The van der Waals surface area contributed by atoms with Gasteiger partial charge in [-0.2, -0.15) is 8.78 Å². The van der Waals surface area contributed by atoms with Gasteiger partial charge < -0.3 is 25.4 Å². The van der Waals surface area contributed by atoms with Crippen LogP contribution < -0.4 is 25.4 Å². The van der Waals surface area contributed by atoms with Crippen LogP contribution in [0, 0.1) is 5.41 Å². The fourth-order valence-corrected chi connectivity index (χ4v) is 2.47. The zero-order valence-corrected chi connectivity index (χ0v) is 20.5. The molecule has 0 aliphatic heterocycles. The van der Waals surface area contributed by atoms with Crippen LogP contribution >= 0.6 is 24.0 Å². The van der Waals surface area contributed by atoms with E-state index < -0.39 is 12.0 Å². The van der Waals surface area contributed by atoms with Crippen molar-refractivity contribution < 1.29 is 23.0 Å². The summed E-state index contributed by atoms with van der Waals surface area (Å²) in [5.41, 5.74) is -0.179. The maximum Gasteiger partial charge on any atom is 0.387 e. The number of nitrogens with zero attached hydrogens (tertiary/aromatic N) is 1. The molecule has 0 heterocycles. The predicted octanol–water partition coefficient (Wildman–Crippen LogP) is 3.52. The molecule has 0 atom stereocenters. The number of hydrogen-bond donors (Lipinski definition) is 3. The van der Waals surface area contributed by atoms with Gasteiger partial charge in [-0.15, -0.1) is 24.0 Å². The monoisotopic (exact) mass is 542 g/mol. The zero-order chi connectivity index (χ0) is 21.9. The predicted molar refractivity (Wildman–Crippen MR) is 125 cm³/mol. The van der Waals surface area contributed by atoms with Gasteiger partial charge in [0.2, 0.25) is 5.91 Å². The molecular formula is C20H33F2IN4O3. The third kappa shape index (κ3) is 9.31. The summed E-state index contributed by atoms with van der Waals surface area (Å²) in [7, 11) is 0. The summed E-state index contributed by atoms with van der Waals surface area (Å²) in [4.78, 5) is 16.6. The maximum atomic E-state index is 12.9. The highest BCUT2D eigenvalue weighted by Crippen LogP contribution is 2.33. The highest BCUT2D eigenvalue weighted by molar-refractivity contribution is 14.0. The Hall–Kier alpha value is -1.85. The Balaban J connectivity index is 0.00000841. The van der Waals surface area contributed by atoms with Crippen molar-refractivity contribution in [1.29, 1.82) is 0 Å². The first-order valence-corrected chi connectivity index (χ1v) is 9.75. The molecule has 0 aromatic heterocycles. The van der Waals surface area contributed by atoms with Crippen molar-refractivity contribution >= 4 is 35.8 Å². The lowest BCUT2D eigenvalue weighted by atomic mass is 9.92. The Kier molecular flexibility index (Phi) is 13.3. The van der Waals surface area contributed by atoms with Gasteiger partial charge in [0, 0.05) is 25.2 Å². The lowest BCUT2D eigenvalue weighted by molar-refractivity contribution is -0.128. The van der Waals surface area contributed by atoms with Crippen molar-refractivity contribution in [2.45, 2.75) is 47.8 Å². The van der Waals surface area contributed by atoms with Crippen molar-refractivity contribution in [3.8, 4) is 11.5 Å². The summed E-state index contributed by atoms with van der Waals surface area (Å²) in [5, 5.41) is 9.01. The summed E-state index contributed by atoms with van der Waals surface area (Å²) < 4.78 is 35.8. The molecule has 0 unspecified atom stereocenters. The van der Waals surface area contributed by atoms with Crippen molar-refractivity contribution in [3.05, 3.63) is 23.8 Å². The number of para-hydroxylation sites is 1. The fourth-order valence-electron chi connectivity index (χ4n) is 2.47. The summed E-state index contributed by atoms with van der Waals surface area (Å²) in [5.74, 6) is 0.623. The van der Waals surface area contributed by atoms with Crippen LogP contribution in [-0.4, -0.2) is 44.7 Å². The summed E-state index contributed by atoms with van der Waals surface area (Å²) in [6.45, 7) is 8.16. The number of halogens is 3. The first kappa shape index (κ1) is 28.1. The molecule has 7 nitrogen and oxygen atoms in total. The number of alkyl halides is 2. The van der Waals surface area contributed by atoms with E-state index in [0.29, 0.717) is 37.8 Å². The molecule has 172 valence electrons. The second-order valence-electron chi connectivity index (χ2n) is 6.85. The van der Waals surface area contributed by atoms with Gasteiger partial charge in [-0.3, -0.25) is 4.79 Å². The van der Waals surface area contributed by atoms with Crippen LogP contribution in [0.3, 0.4) is 0 Å². The maximum absolute atomic E-state index is 12.9. The number of ether oxygens (including phenoxy) is 2. The Morgan fingerprint density at radius 1 is 1.13 bits per heavy atom. The van der Waals surface area contributed by atoms with Crippen molar-refractivity contribution in [1.82, 2.24) is 16.0 Å². The molecule has 1 rings (SSSR count). The molecule has 1 aromatic rings. The summed E-state index contributed by atoms with van der Waals surface area (Å²) in [6.07, 6.45) is 0. The van der Waals surface area contributed by atoms with Crippen LogP contribution in [0.1, 0.15) is 40.2 Å². The van der Waals surface area contributed by atoms with Gasteiger partial charge >= 0.3 is 6.61 Å². The molecule has 0 fully saturated rings. The first-order valence-electron chi connectivity index (χ1n) is 9.75. The molecule has 0 spiro atoms. The molecule has 0 saturated carbocycles. The van der Waals surface area contributed by atoms with E-state index in [1.165, 1.54) is 0 Å². The van der Waals surface area contributed by atoms with Crippen LogP contribution in [0.4, 0.5) is 8.78 Å². The van der Waals surface area contributed by atoms with E-state index in [4.69, 9.17) is 4.74 Å². The van der Waals surface area contributed by atoms with Gasteiger partial charge in [0.05, 0.1) is 18.6 Å². The average Bonchev–Trinajstić information content (AvgIpc) is 2.66. The van der Waals surface area contributed by atoms with Gasteiger partial charge in [-0.25, -0.2) is 4.99 Å². The van der Waals surface area contributed by atoms with E-state index in [2.05, 4.69) is 25.7 Å². The summed E-state index contributed by atoms with van der Waals surface area (Å²) in [6, 6.07) is 4.94. The molecular weight excluding hydrogens is 509 g/mol. The number of hydrogen-bond acceptors (Lipinski definition) is 4. The Morgan fingerprint density at radius 2 is 1.80 bits per heavy atom. The number of carbonyl (C=O) groups is 1. The minimum absolute atomic E-state index is 0. The van der Waals surface area contributed by atoms with Gasteiger partial charge in [0.25, 0.3) is 0 Å². The minimum Gasteiger partial charge on any atom is -0.490 e. The molecule has 30 heavy (non-hydrogen) atoms. The normalized spacial score (nSPS) is 11.5. The quantitative estimate of drug-likeness (QED) is 0.227. The Morgan fingerprint density at radius 3 is 2.37 bits per heavy atom. The number of nitrogens with one attached hydrogen (secondary N) is 3. The highest BCUT2D eigenvalue weighted by Gasteiger charge is 2.27. The highest BCUT2D eigenvalue weighted by atomic mass is 127. The molecule has 0 aliphatic rings. The number of aliphatic imine (C=N–C) groups is 1. The molecule has 10 heteroatoms. The molecule has 0 radical (unpaired) electrons. The van der Waals surface area contributed by atoms with E-state index in [9.17, 15) is 13.6 Å². The van der Waals surface area contributed by atoms with Crippen molar-refractivity contribution in [2.24, 2.45) is 10.4 Å². The van der Waals surface area contributed by atoms with Crippen molar-refractivity contribution in [2.75, 3.05) is 26.2 Å². The first-order chi connectivity index (χ1) is 13.7. The number of guanidine groups is 1. The standard InChI is InChI=1S/C20H32F2N4O3.HI/c1-6-23-17(27)20(4,5)13-26-19(24-7-2)25-12-14-10-9-11-15(28-8-3)16(14)29-18(21)22;/h9-11,18H,6-8,12-13H2,1-5H3,(H,23,27)(H2,24,25,26);1H. The number of benzene rings is 1. The third-order valence-corrected chi connectivity index (χ3v) is 3.97. The van der Waals surface area contributed by atoms with Crippen LogP contribution in [0.5, 0.6) is 11.5 Å². The molecule has 0 aliphatic carbocycles. The molecule has 0 saturated heterocycles. The zero-order valence-electron chi connectivity index (χ0n) is 18.2. The molecule has 1 amide bonds. The van der Waals surface area contributed by atoms with Gasteiger partial charge in [0.1, 0.15) is 0 Å². The van der Waals surface area contributed by atoms with Gasteiger partial charge in [-0.05, 0) is 40.7 Å².